The Morgan fingerprint density at radius 1 is 0.923 bits per heavy atom. The average Bonchev–Trinajstić information content (AvgIpc) is 2.57. The Labute approximate surface area is 167 Å². The van der Waals surface area contributed by atoms with Crippen LogP contribution in [0.5, 0.6) is 0 Å². The molecule has 0 spiro atoms. The zero-order chi connectivity index (χ0) is 19.9. The molecule has 0 saturated carbocycles. The van der Waals surface area contributed by atoms with Crippen LogP contribution in [0, 0.1) is 5.92 Å². The first-order chi connectivity index (χ1) is 12.2. The number of hydrogen-bond acceptors (Lipinski definition) is 1. The third-order valence-electron chi connectivity index (χ3n) is 5.20. The van der Waals surface area contributed by atoms with Gasteiger partial charge in [0, 0.05) is 12.2 Å². The second-order valence-corrected chi connectivity index (χ2v) is 8.84. The second-order valence-electron chi connectivity index (χ2n) is 8.44. The summed E-state index contributed by atoms with van der Waals surface area (Å²) in [4.78, 5) is 0. The first-order valence-corrected chi connectivity index (χ1v) is 10.8. The van der Waals surface area contributed by atoms with Gasteiger partial charge in [-0.2, -0.15) is 0 Å². The fourth-order valence-electron chi connectivity index (χ4n) is 3.35. The van der Waals surface area contributed by atoms with E-state index in [2.05, 4.69) is 78.2 Å². The zero-order valence-corrected chi connectivity index (χ0v) is 19.0. The summed E-state index contributed by atoms with van der Waals surface area (Å²) in [5.74, 6) is 2.14. The minimum Gasteiger partial charge on any atom is -0.362 e. The zero-order valence-electron chi connectivity index (χ0n) is 18.2. The lowest BCUT2D eigenvalue weighted by atomic mass is 9.87. The SMILES string of the molecule is CCCC(CC)CNC(=S)Nc1c(C(C)C)cc(C(C)C)cc1C(C)C. The van der Waals surface area contributed by atoms with Gasteiger partial charge in [0.05, 0.1) is 0 Å². The van der Waals surface area contributed by atoms with Crippen molar-refractivity contribution in [3.63, 3.8) is 0 Å². The third-order valence-corrected chi connectivity index (χ3v) is 5.44. The van der Waals surface area contributed by atoms with Crippen molar-refractivity contribution in [2.75, 3.05) is 11.9 Å². The summed E-state index contributed by atoms with van der Waals surface area (Å²) in [5, 5.41) is 7.76. The highest BCUT2D eigenvalue weighted by atomic mass is 32.1. The molecule has 0 bridgehead atoms. The Bertz CT molecular complexity index is 547. The van der Waals surface area contributed by atoms with Gasteiger partial charge in [-0.25, -0.2) is 0 Å². The normalized spacial score (nSPS) is 12.7. The summed E-state index contributed by atoms with van der Waals surface area (Å²) >= 11 is 5.64. The van der Waals surface area contributed by atoms with E-state index in [4.69, 9.17) is 12.2 Å². The average molecular weight is 377 g/mol. The molecule has 1 aromatic rings. The van der Waals surface area contributed by atoms with Crippen molar-refractivity contribution in [1.82, 2.24) is 5.32 Å². The van der Waals surface area contributed by atoms with E-state index in [0.29, 0.717) is 23.7 Å². The molecule has 26 heavy (non-hydrogen) atoms. The van der Waals surface area contributed by atoms with Crippen LogP contribution in [0.15, 0.2) is 12.1 Å². The minimum atomic E-state index is 0.458. The molecule has 1 unspecified atom stereocenters. The van der Waals surface area contributed by atoms with Crippen LogP contribution in [-0.4, -0.2) is 11.7 Å². The van der Waals surface area contributed by atoms with Crippen molar-refractivity contribution in [1.29, 1.82) is 0 Å². The number of hydrogen-bond donors (Lipinski definition) is 2. The van der Waals surface area contributed by atoms with Crippen LogP contribution >= 0.6 is 12.2 Å². The van der Waals surface area contributed by atoms with Crippen molar-refractivity contribution in [3.05, 3.63) is 28.8 Å². The lowest BCUT2D eigenvalue weighted by Crippen LogP contribution is -2.33. The number of thiocarbonyl (C=S) groups is 1. The molecule has 148 valence electrons. The van der Waals surface area contributed by atoms with Crippen molar-refractivity contribution in [2.45, 2.75) is 92.4 Å². The quantitative estimate of drug-likeness (QED) is 0.447. The van der Waals surface area contributed by atoms with E-state index in [9.17, 15) is 0 Å². The van der Waals surface area contributed by atoms with E-state index in [0.717, 1.165) is 11.7 Å². The van der Waals surface area contributed by atoms with Gasteiger partial charge in [0.15, 0.2) is 5.11 Å². The van der Waals surface area contributed by atoms with Gasteiger partial charge in [-0.1, -0.05) is 80.4 Å². The summed E-state index contributed by atoms with van der Waals surface area (Å²) in [6.45, 7) is 19.0. The molecule has 0 aromatic heterocycles. The van der Waals surface area contributed by atoms with Crippen LogP contribution in [0.2, 0.25) is 0 Å². The molecule has 0 amide bonds. The molecular formula is C23H40N2S. The standard InChI is InChI=1S/C23H40N2S/c1-9-11-18(10-2)14-24-23(26)25-22-20(16(5)6)12-19(15(3)4)13-21(22)17(7)8/h12-13,15-18H,9-11,14H2,1-8H3,(H2,24,25,26). The molecule has 0 saturated heterocycles. The molecule has 0 fully saturated rings. The topological polar surface area (TPSA) is 24.1 Å². The van der Waals surface area contributed by atoms with Gasteiger partial charge in [-0.05, 0) is 59.0 Å². The molecule has 1 rings (SSSR count). The Kier molecular flexibility index (Phi) is 9.63. The lowest BCUT2D eigenvalue weighted by Gasteiger charge is -2.25. The number of benzene rings is 1. The van der Waals surface area contributed by atoms with Crippen LogP contribution in [0.1, 0.15) is 109 Å². The molecule has 0 aliphatic heterocycles. The summed E-state index contributed by atoms with van der Waals surface area (Å²) in [7, 11) is 0. The van der Waals surface area contributed by atoms with Gasteiger partial charge in [0.2, 0.25) is 0 Å². The summed E-state index contributed by atoms with van der Waals surface area (Å²) in [6.07, 6.45) is 3.68. The first-order valence-electron chi connectivity index (χ1n) is 10.4. The Morgan fingerprint density at radius 3 is 1.85 bits per heavy atom. The first kappa shape index (κ1) is 23.0. The van der Waals surface area contributed by atoms with Gasteiger partial charge in [-0.3, -0.25) is 0 Å². The Balaban J connectivity index is 3.07. The third kappa shape index (κ3) is 6.57. The molecule has 0 radical (unpaired) electrons. The van der Waals surface area contributed by atoms with Gasteiger partial charge in [0.25, 0.3) is 0 Å². The second kappa shape index (κ2) is 10.9. The van der Waals surface area contributed by atoms with Crippen molar-refractivity contribution in [2.24, 2.45) is 5.92 Å². The number of nitrogens with one attached hydrogen (secondary N) is 2. The Morgan fingerprint density at radius 2 is 1.46 bits per heavy atom. The predicted molar refractivity (Wildman–Crippen MR) is 122 cm³/mol. The van der Waals surface area contributed by atoms with Crippen LogP contribution < -0.4 is 10.6 Å². The van der Waals surface area contributed by atoms with E-state index >= 15 is 0 Å². The van der Waals surface area contributed by atoms with Gasteiger partial charge >= 0.3 is 0 Å². The number of rotatable bonds is 9. The molecular weight excluding hydrogens is 336 g/mol. The molecule has 2 nitrogen and oxygen atoms in total. The fourth-order valence-corrected chi connectivity index (χ4v) is 3.54. The van der Waals surface area contributed by atoms with Gasteiger partial charge in [-0.15, -0.1) is 0 Å². The lowest BCUT2D eigenvalue weighted by molar-refractivity contribution is 0.459. The van der Waals surface area contributed by atoms with Crippen molar-refractivity contribution >= 4 is 23.0 Å². The molecule has 3 heteroatoms. The monoisotopic (exact) mass is 376 g/mol. The fraction of sp³-hybridized carbons (Fsp3) is 0.696. The maximum atomic E-state index is 5.64. The molecule has 0 heterocycles. The Hall–Kier alpha value is -1.09. The van der Waals surface area contributed by atoms with Crippen LogP contribution in [0.3, 0.4) is 0 Å². The highest BCUT2D eigenvalue weighted by Crippen LogP contribution is 2.35. The molecule has 1 aromatic carbocycles. The van der Waals surface area contributed by atoms with Crippen LogP contribution in [-0.2, 0) is 0 Å². The molecule has 1 atom stereocenters. The van der Waals surface area contributed by atoms with Crippen LogP contribution in [0.25, 0.3) is 0 Å². The van der Waals surface area contributed by atoms with E-state index < -0.39 is 0 Å². The summed E-state index contributed by atoms with van der Waals surface area (Å²) < 4.78 is 0. The maximum Gasteiger partial charge on any atom is 0.170 e. The van der Waals surface area contributed by atoms with Crippen molar-refractivity contribution in [3.8, 4) is 0 Å². The molecule has 0 aliphatic rings. The minimum absolute atomic E-state index is 0.458. The van der Waals surface area contributed by atoms with E-state index in [1.165, 1.54) is 41.6 Å². The van der Waals surface area contributed by atoms with Gasteiger partial charge in [0.1, 0.15) is 0 Å². The smallest absolute Gasteiger partial charge is 0.170 e. The maximum absolute atomic E-state index is 5.64. The molecule has 0 aliphatic carbocycles. The molecule has 2 N–H and O–H groups in total. The van der Waals surface area contributed by atoms with E-state index in [1.54, 1.807) is 0 Å². The summed E-state index contributed by atoms with van der Waals surface area (Å²) in [6, 6.07) is 4.72. The van der Waals surface area contributed by atoms with Crippen molar-refractivity contribution < 1.29 is 0 Å². The summed E-state index contributed by atoms with van der Waals surface area (Å²) in [5.41, 5.74) is 5.35. The van der Waals surface area contributed by atoms with Gasteiger partial charge < -0.3 is 10.6 Å². The van der Waals surface area contributed by atoms with Crippen LogP contribution in [0.4, 0.5) is 5.69 Å². The largest absolute Gasteiger partial charge is 0.362 e. The highest BCUT2D eigenvalue weighted by molar-refractivity contribution is 7.80. The highest BCUT2D eigenvalue weighted by Gasteiger charge is 2.18. The van der Waals surface area contributed by atoms with E-state index in [1.807, 2.05) is 0 Å². The number of anilines is 1. The van der Waals surface area contributed by atoms with E-state index in [-0.39, 0.29) is 0 Å². The predicted octanol–water partition coefficient (Wildman–Crippen LogP) is 7.17.